The highest BCUT2D eigenvalue weighted by molar-refractivity contribution is 5.96. The fourth-order valence-electron chi connectivity index (χ4n) is 2.51. The molecule has 0 radical (unpaired) electrons. The number of rotatable bonds is 7. The third-order valence-electron chi connectivity index (χ3n) is 3.98. The van der Waals surface area contributed by atoms with Gasteiger partial charge in [-0.2, -0.15) is 0 Å². The summed E-state index contributed by atoms with van der Waals surface area (Å²) in [4.78, 5) is 0. The Morgan fingerprint density at radius 3 is 2.26 bits per heavy atom. The average molecular weight is 359 g/mol. The summed E-state index contributed by atoms with van der Waals surface area (Å²) in [6.45, 7) is 1.25. The number of amidine groups is 1. The molecule has 0 bridgehead atoms. The molecule has 0 saturated carbocycles. The molecule has 0 spiro atoms. The Balaban J connectivity index is 1.50. The number of nitrogens with two attached hydrogens (primary N) is 1. The Morgan fingerprint density at radius 1 is 0.889 bits per heavy atom. The molecule has 27 heavy (non-hydrogen) atoms. The van der Waals surface area contributed by atoms with Gasteiger partial charge in [-0.15, -0.1) is 5.11 Å². The Morgan fingerprint density at radius 2 is 1.59 bits per heavy atom. The van der Waals surface area contributed by atoms with Crippen molar-refractivity contribution in [1.82, 2.24) is 0 Å². The van der Waals surface area contributed by atoms with Crippen LogP contribution < -0.4 is 15.9 Å². The van der Waals surface area contributed by atoms with Crippen LogP contribution in [-0.2, 0) is 13.2 Å². The maximum absolute atomic E-state index is 7.67. The van der Waals surface area contributed by atoms with Gasteiger partial charge in [0.15, 0.2) is 5.84 Å². The number of anilines is 1. The van der Waals surface area contributed by atoms with Crippen LogP contribution in [0, 0.1) is 5.41 Å². The van der Waals surface area contributed by atoms with E-state index in [2.05, 4.69) is 15.7 Å². The van der Waals surface area contributed by atoms with Crippen molar-refractivity contribution in [2.45, 2.75) is 13.2 Å². The largest absolute Gasteiger partial charge is 0.489 e. The van der Waals surface area contributed by atoms with E-state index >= 15 is 0 Å². The number of nitrogens with one attached hydrogen (secondary N) is 2. The van der Waals surface area contributed by atoms with Crippen molar-refractivity contribution >= 4 is 11.5 Å². The highest BCUT2D eigenvalue weighted by Crippen LogP contribution is 2.16. The van der Waals surface area contributed by atoms with Gasteiger partial charge >= 0.3 is 0 Å². The average Bonchev–Trinajstić information content (AvgIpc) is 2.73. The van der Waals surface area contributed by atoms with E-state index in [9.17, 15) is 0 Å². The molecule has 136 valence electrons. The zero-order valence-corrected chi connectivity index (χ0v) is 14.8. The van der Waals surface area contributed by atoms with Gasteiger partial charge in [0.25, 0.3) is 0 Å². The second kappa shape index (κ2) is 9.15. The summed E-state index contributed by atoms with van der Waals surface area (Å²) < 4.78 is 5.80. The monoisotopic (exact) mass is 359 g/mol. The van der Waals surface area contributed by atoms with Crippen molar-refractivity contribution in [2.24, 2.45) is 16.2 Å². The molecule has 3 rings (SSSR count). The molecule has 3 aromatic carbocycles. The lowest BCUT2D eigenvalue weighted by molar-refractivity contribution is 0.306. The number of ether oxygens (including phenoxy) is 1. The summed E-state index contributed by atoms with van der Waals surface area (Å²) in [5.74, 6) is 5.85. The van der Waals surface area contributed by atoms with E-state index in [1.165, 1.54) is 0 Å². The van der Waals surface area contributed by atoms with Crippen LogP contribution in [0.5, 0.6) is 5.75 Å². The number of benzene rings is 3. The predicted molar refractivity (Wildman–Crippen MR) is 107 cm³/mol. The minimum Gasteiger partial charge on any atom is -0.489 e. The molecular formula is C21H21N5O. The Bertz CT molecular complexity index is 890. The first-order chi connectivity index (χ1) is 13.2. The van der Waals surface area contributed by atoms with Crippen molar-refractivity contribution in [1.29, 1.82) is 5.41 Å². The molecule has 0 unspecified atom stereocenters. The van der Waals surface area contributed by atoms with Crippen LogP contribution in [-0.4, -0.2) is 5.84 Å². The third kappa shape index (κ3) is 5.40. The van der Waals surface area contributed by atoms with Crippen molar-refractivity contribution in [3.63, 3.8) is 0 Å². The van der Waals surface area contributed by atoms with Gasteiger partial charge in [-0.1, -0.05) is 47.7 Å². The van der Waals surface area contributed by atoms with Gasteiger partial charge in [-0.3, -0.25) is 5.41 Å². The molecule has 0 fully saturated rings. The molecule has 0 heterocycles. The van der Waals surface area contributed by atoms with Gasteiger partial charge in [0.2, 0.25) is 0 Å². The van der Waals surface area contributed by atoms with Crippen molar-refractivity contribution in [2.75, 3.05) is 5.32 Å². The maximum atomic E-state index is 7.67. The van der Waals surface area contributed by atoms with Crippen LogP contribution >= 0.6 is 0 Å². The summed E-state index contributed by atoms with van der Waals surface area (Å²) in [6.07, 6.45) is 0. The maximum Gasteiger partial charge on any atom is 0.176 e. The standard InChI is InChI=1S/C21H21N5O/c22-21(25-26-23)18-8-10-19(11-9-18)24-14-16-6-12-20(13-7-16)27-15-17-4-2-1-3-5-17/h1-13,24H,14-15H2,(H3,22,23,25). The lowest BCUT2D eigenvalue weighted by atomic mass is 10.1. The fourth-order valence-corrected chi connectivity index (χ4v) is 2.51. The van der Waals surface area contributed by atoms with Gasteiger partial charge < -0.3 is 15.9 Å². The van der Waals surface area contributed by atoms with Crippen LogP contribution in [0.15, 0.2) is 89.2 Å². The van der Waals surface area contributed by atoms with E-state index in [1.807, 2.05) is 66.7 Å². The minimum absolute atomic E-state index is 0.0372. The lowest BCUT2D eigenvalue weighted by Crippen LogP contribution is -2.01. The smallest absolute Gasteiger partial charge is 0.176 e. The molecule has 0 aromatic heterocycles. The molecule has 0 atom stereocenters. The van der Waals surface area contributed by atoms with Gasteiger partial charge in [0.05, 0.1) is 0 Å². The van der Waals surface area contributed by atoms with E-state index in [4.69, 9.17) is 16.0 Å². The van der Waals surface area contributed by atoms with Crippen LogP contribution in [0.1, 0.15) is 16.7 Å². The minimum atomic E-state index is 0.0372. The van der Waals surface area contributed by atoms with E-state index in [0.29, 0.717) is 18.7 Å². The van der Waals surface area contributed by atoms with Crippen LogP contribution in [0.3, 0.4) is 0 Å². The fraction of sp³-hybridized carbons (Fsp3) is 0.0952. The van der Waals surface area contributed by atoms with Gasteiger partial charge in [0.1, 0.15) is 12.4 Å². The molecule has 0 saturated heterocycles. The molecule has 0 aliphatic heterocycles. The molecular weight excluding hydrogens is 338 g/mol. The Labute approximate surface area is 158 Å². The topological polar surface area (TPSA) is 95.9 Å². The molecule has 4 N–H and O–H groups in total. The summed E-state index contributed by atoms with van der Waals surface area (Å²) in [7, 11) is 0. The summed E-state index contributed by atoms with van der Waals surface area (Å²) in [5, 5.41) is 17.7. The second-order valence-corrected chi connectivity index (χ2v) is 5.91. The summed E-state index contributed by atoms with van der Waals surface area (Å²) >= 11 is 0. The van der Waals surface area contributed by atoms with Crippen molar-refractivity contribution in [3.05, 3.63) is 95.6 Å². The van der Waals surface area contributed by atoms with Crippen molar-refractivity contribution < 1.29 is 4.74 Å². The molecule has 6 nitrogen and oxygen atoms in total. The number of hydrogen-bond donors (Lipinski definition) is 3. The third-order valence-corrected chi connectivity index (χ3v) is 3.98. The Kier molecular flexibility index (Phi) is 6.14. The number of nitrogens with zero attached hydrogens (tertiary/aromatic N) is 2. The van der Waals surface area contributed by atoms with Crippen LogP contribution in [0.4, 0.5) is 5.69 Å². The first-order valence-electron chi connectivity index (χ1n) is 8.54. The predicted octanol–water partition coefficient (Wildman–Crippen LogP) is 4.53. The van der Waals surface area contributed by atoms with Crippen LogP contribution in [0.2, 0.25) is 0 Å². The highest BCUT2D eigenvalue weighted by Gasteiger charge is 2.01. The van der Waals surface area contributed by atoms with Gasteiger partial charge in [0, 0.05) is 17.8 Å². The van der Waals surface area contributed by atoms with Crippen molar-refractivity contribution in [3.8, 4) is 5.75 Å². The zero-order valence-electron chi connectivity index (χ0n) is 14.8. The SMILES string of the molecule is N=C(N=NN)c1ccc(NCc2ccc(OCc3ccccc3)cc2)cc1. The van der Waals surface area contributed by atoms with E-state index in [-0.39, 0.29) is 5.84 Å². The van der Waals surface area contributed by atoms with E-state index in [1.54, 1.807) is 12.1 Å². The second-order valence-electron chi connectivity index (χ2n) is 5.91. The molecule has 6 heteroatoms. The lowest BCUT2D eigenvalue weighted by Gasteiger charge is -2.09. The zero-order chi connectivity index (χ0) is 18.9. The molecule has 0 aliphatic carbocycles. The Hall–Kier alpha value is -3.67. The van der Waals surface area contributed by atoms with E-state index in [0.717, 1.165) is 22.6 Å². The van der Waals surface area contributed by atoms with Crippen LogP contribution in [0.25, 0.3) is 0 Å². The quantitative estimate of drug-likeness (QED) is 0.190. The molecule has 0 aliphatic rings. The summed E-state index contributed by atoms with van der Waals surface area (Å²) in [5.41, 5.74) is 3.92. The number of hydrogen-bond acceptors (Lipinski definition) is 4. The summed E-state index contributed by atoms with van der Waals surface area (Å²) in [6, 6.07) is 25.5. The molecule has 3 aromatic rings. The highest BCUT2D eigenvalue weighted by atomic mass is 16.5. The van der Waals surface area contributed by atoms with E-state index < -0.39 is 0 Å². The first kappa shape index (κ1) is 18.1. The van der Waals surface area contributed by atoms with Gasteiger partial charge in [-0.05, 0) is 47.5 Å². The normalized spacial score (nSPS) is 10.7. The molecule has 0 amide bonds. The van der Waals surface area contributed by atoms with Gasteiger partial charge in [-0.25, -0.2) is 0 Å². The first-order valence-corrected chi connectivity index (χ1v) is 8.54.